The zero-order chi connectivity index (χ0) is 18.0. The molecule has 0 saturated carbocycles. The molecule has 1 aromatic heterocycles. The highest BCUT2D eigenvalue weighted by Gasteiger charge is 2.15. The number of benzene rings is 2. The first-order valence-corrected chi connectivity index (χ1v) is 7.44. The molecule has 0 aliphatic carbocycles. The molecular weight excluding hydrogens is 324 g/mol. The minimum Gasteiger partial charge on any atom is -0.548 e. The van der Waals surface area contributed by atoms with E-state index in [-0.39, 0.29) is 11.6 Å². The minimum atomic E-state index is -1.28. The second-order valence-corrected chi connectivity index (χ2v) is 5.41. The van der Waals surface area contributed by atoms with Crippen molar-refractivity contribution in [1.29, 1.82) is 0 Å². The van der Waals surface area contributed by atoms with Crippen LogP contribution >= 0.6 is 0 Å². The van der Waals surface area contributed by atoms with E-state index in [4.69, 9.17) is 0 Å². The molecule has 0 aliphatic heterocycles. The standard InChI is InChI=1S/C17H14N4O4/c1-10(16(22)23)18-17-19-14-8-7-12(21(24)25)9-13(14)15(20-17)11-5-3-2-4-6-11/h2-10H,1H3,(H,22,23)(H,18,19,20)/p-1/t10-/m1/s1. The first-order chi connectivity index (χ1) is 12.0. The number of hydrogen-bond donors (Lipinski definition) is 1. The molecule has 8 heteroatoms. The summed E-state index contributed by atoms with van der Waals surface area (Å²) in [5.41, 5.74) is 1.60. The number of nitrogens with one attached hydrogen (secondary N) is 1. The third-order valence-corrected chi connectivity index (χ3v) is 3.64. The highest BCUT2D eigenvalue weighted by molar-refractivity contribution is 5.94. The Balaban J connectivity index is 2.21. The highest BCUT2D eigenvalue weighted by atomic mass is 16.6. The van der Waals surface area contributed by atoms with Gasteiger partial charge < -0.3 is 15.2 Å². The third kappa shape index (κ3) is 3.37. The highest BCUT2D eigenvalue weighted by Crippen LogP contribution is 2.30. The van der Waals surface area contributed by atoms with Gasteiger partial charge in [0.25, 0.3) is 5.69 Å². The van der Waals surface area contributed by atoms with Gasteiger partial charge in [0.1, 0.15) is 0 Å². The van der Waals surface area contributed by atoms with Gasteiger partial charge in [-0.1, -0.05) is 30.3 Å². The van der Waals surface area contributed by atoms with Crippen molar-refractivity contribution in [3.8, 4) is 11.3 Å². The van der Waals surface area contributed by atoms with E-state index in [0.29, 0.717) is 16.6 Å². The number of nitrogens with zero attached hydrogens (tertiary/aromatic N) is 3. The Bertz CT molecular complexity index is 960. The van der Waals surface area contributed by atoms with E-state index < -0.39 is 16.9 Å². The van der Waals surface area contributed by atoms with Crippen molar-refractivity contribution in [3.63, 3.8) is 0 Å². The maximum Gasteiger partial charge on any atom is 0.270 e. The maximum absolute atomic E-state index is 11.1. The van der Waals surface area contributed by atoms with Crippen LogP contribution in [0.5, 0.6) is 0 Å². The zero-order valence-electron chi connectivity index (χ0n) is 13.2. The van der Waals surface area contributed by atoms with Gasteiger partial charge in [-0.05, 0) is 13.0 Å². The van der Waals surface area contributed by atoms with Crippen LogP contribution in [0.25, 0.3) is 22.2 Å². The van der Waals surface area contributed by atoms with Crippen molar-refractivity contribution < 1.29 is 14.8 Å². The molecule has 126 valence electrons. The number of hydrogen-bond acceptors (Lipinski definition) is 7. The normalized spacial score (nSPS) is 11.9. The van der Waals surface area contributed by atoms with Gasteiger partial charge in [0.05, 0.1) is 28.1 Å². The number of rotatable bonds is 5. The number of non-ortho nitro benzene ring substituents is 1. The molecule has 0 aliphatic rings. The molecule has 25 heavy (non-hydrogen) atoms. The van der Waals surface area contributed by atoms with Gasteiger partial charge in [-0.15, -0.1) is 0 Å². The second-order valence-electron chi connectivity index (χ2n) is 5.41. The van der Waals surface area contributed by atoms with Gasteiger partial charge in [0, 0.05) is 23.1 Å². The van der Waals surface area contributed by atoms with E-state index in [2.05, 4.69) is 15.3 Å². The molecular formula is C17H13N4O4-. The SMILES string of the molecule is C[C@@H](Nc1nc(-c2ccccc2)c2cc([N+](=O)[O-])ccc2n1)C(=O)[O-]. The number of carbonyl (C=O) groups excluding carboxylic acids is 1. The van der Waals surface area contributed by atoms with Crippen LogP contribution in [0, 0.1) is 10.1 Å². The molecule has 8 nitrogen and oxygen atoms in total. The predicted molar refractivity (Wildman–Crippen MR) is 89.7 cm³/mol. The number of aromatic nitrogens is 2. The number of nitro benzene ring substituents is 1. The zero-order valence-corrected chi connectivity index (χ0v) is 13.2. The molecule has 0 amide bonds. The van der Waals surface area contributed by atoms with Crippen LogP contribution in [0.2, 0.25) is 0 Å². The fraction of sp³-hybridized carbons (Fsp3) is 0.118. The fourth-order valence-electron chi connectivity index (χ4n) is 2.36. The van der Waals surface area contributed by atoms with Crippen molar-refractivity contribution in [2.75, 3.05) is 5.32 Å². The molecule has 1 atom stereocenters. The summed E-state index contributed by atoms with van der Waals surface area (Å²) < 4.78 is 0. The number of carboxylic acid groups (broad SMARTS) is 1. The van der Waals surface area contributed by atoms with Gasteiger partial charge in [-0.3, -0.25) is 10.1 Å². The van der Waals surface area contributed by atoms with Crippen LogP contribution in [0.1, 0.15) is 6.92 Å². The van der Waals surface area contributed by atoms with E-state index in [0.717, 1.165) is 5.56 Å². The summed E-state index contributed by atoms with van der Waals surface area (Å²) in [6.07, 6.45) is 0. The molecule has 0 spiro atoms. The molecule has 0 saturated heterocycles. The van der Waals surface area contributed by atoms with E-state index in [1.807, 2.05) is 30.3 Å². The Kier molecular flexibility index (Phi) is 4.25. The van der Waals surface area contributed by atoms with Crippen LogP contribution in [-0.2, 0) is 4.79 Å². The van der Waals surface area contributed by atoms with Gasteiger partial charge in [-0.2, -0.15) is 0 Å². The van der Waals surface area contributed by atoms with E-state index >= 15 is 0 Å². The third-order valence-electron chi connectivity index (χ3n) is 3.64. The van der Waals surface area contributed by atoms with Crippen molar-refractivity contribution in [1.82, 2.24) is 9.97 Å². The second kappa shape index (κ2) is 6.52. The van der Waals surface area contributed by atoms with Crippen LogP contribution in [0.3, 0.4) is 0 Å². The van der Waals surface area contributed by atoms with Crippen LogP contribution in [0.4, 0.5) is 11.6 Å². The Morgan fingerprint density at radius 3 is 2.52 bits per heavy atom. The maximum atomic E-state index is 11.1. The van der Waals surface area contributed by atoms with Gasteiger partial charge >= 0.3 is 0 Å². The van der Waals surface area contributed by atoms with Crippen molar-refractivity contribution in [2.24, 2.45) is 0 Å². The molecule has 0 unspecified atom stereocenters. The lowest BCUT2D eigenvalue weighted by atomic mass is 10.1. The Labute approximate surface area is 142 Å². The molecule has 1 N–H and O–H groups in total. The number of carboxylic acids is 1. The molecule has 1 heterocycles. The van der Waals surface area contributed by atoms with Gasteiger partial charge in [0.15, 0.2) is 0 Å². The lowest BCUT2D eigenvalue weighted by molar-refractivity contribution is -0.384. The summed E-state index contributed by atoms with van der Waals surface area (Å²) in [7, 11) is 0. The first kappa shape index (κ1) is 16.3. The van der Waals surface area contributed by atoms with Gasteiger partial charge in [-0.25, -0.2) is 9.97 Å². The van der Waals surface area contributed by atoms with Crippen LogP contribution < -0.4 is 10.4 Å². The van der Waals surface area contributed by atoms with E-state index in [1.165, 1.54) is 25.1 Å². The number of nitro groups is 1. The Morgan fingerprint density at radius 2 is 1.88 bits per heavy atom. The summed E-state index contributed by atoms with van der Waals surface area (Å²) in [5.74, 6) is -1.18. The lowest BCUT2D eigenvalue weighted by Crippen LogP contribution is -2.39. The van der Waals surface area contributed by atoms with Gasteiger partial charge in [0.2, 0.25) is 5.95 Å². The quantitative estimate of drug-likeness (QED) is 0.556. The lowest BCUT2D eigenvalue weighted by Gasteiger charge is -2.16. The van der Waals surface area contributed by atoms with Crippen molar-refractivity contribution in [2.45, 2.75) is 13.0 Å². The molecule has 0 radical (unpaired) electrons. The summed E-state index contributed by atoms with van der Waals surface area (Å²) in [6.45, 7) is 1.42. The molecule has 2 aromatic carbocycles. The molecule has 0 bridgehead atoms. The Hall–Kier alpha value is -3.55. The Morgan fingerprint density at radius 1 is 1.16 bits per heavy atom. The summed E-state index contributed by atoms with van der Waals surface area (Å²) in [6, 6.07) is 12.4. The minimum absolute atomic E-state index is 0.0721. The number of fused-ring (bicyclic) bond motifs is 1. The van der Waals surface area contributed by atoms with Crippen molar-refractivity contribution in [3.05, 3.63) is 58.6 Å². The summed E-state index contributed by atoms with van der Waals surface area (Å²) in [4.78, 5) is 30.1. The monoisotopic (exact) mass is 337 g/mol. The van der Waals surface area contributed by atoms with Crippen LogP contribution in [-0.4, -0.2) is 26.9 Å². The summed E-state index contributed by atoms with van der Waals surface area (Å²) >= 11 is 0. The summed E-state index contributed by atoms with van der Waals surface area (Å²) in [5, 5.41) is 25.2. The smallest absolute Gasteiger partial charge is 0.270 e. The largest absolute Gasteiger partial charge is 0.548 e. The van der Waals surface area contributed by atoms with Crippen molar-refractivity contribution >= 4 is 28.5 Å². The number of anilines is 1. The van der Waals surface area contributed by atoms with E-state index in [1.54, 1.807) is 0 Å². The average Bonchev–Trinajstić information content (AvgIpc) is 2.61. The predicted octanol–water partition coefficient (Wildman–Crippen LogP) is 1.76. The average molecular weight is 337 g/mol. The fourth-order valence-corrected chi connectivity index (χ4v) is 2.36. The van der Waals surface area contributed by atoms with Crippen LogP contribution in [0.15, 0.2) is 48.5 Å². The van der Waals surface area contributed by atoms with E-state index in [9.17, 15) is 20.0 Å². The molecule has 3 rings (SSSR count). The molecule has 0 fully saturated rings. The number of aliphatic carboxylic acids is 1. The first-order valence-electron chi connectivity index (χ1n) is 7.44. The molecule has 3 aromatic rings. The number of carbonyl (C=O) groups is 1. The topological polar surface area (TPSA) is 121 Å².